The molecule has 0 bridgehead atoms. The first-order chi connectivity index (χ1) is 9.15. The summed E-state index contributed by atoms with van der Waals surface area (Å²) in [5.41, 5.74) is 2.33. The summed E-state index contributed by atoms with van der Waals surface area (Å²) in [5.74, 6) is 0. The molecule has 1 heterocycles. The summed E-state index contributed by atoms with van der Waals surface area (Å²) in [7, 11) is 0. The first-order valence-corrected chi connectivity index (χ1v) is 6.92. The minimum atomic E-state index is 0.459. The van der Waals surface area contributed by atoms with E-state index < -0.39 is 0 Å². The van der Waals surface area contributed by atoms with E-state index in [-0.39, 0.29) is 0 Å². The Morgan fingerprint density at radius 1 is 1.00 bits per heavy atom. The van der Waals surface area contributed by atoms with Crippen LogP contribution in [0, 0.1) is 0 Å². The second-order valence-electron chi connectivity index (χ2n) is 4.94. The van der Waals surface area contributed by atoms with Crippen molar-refractivity contribution in [3.05, 3.63) is 64.9 Å². The van der Waals surface area contributed by atoms with Crippen LogP contribution in [0.2, 0.25) is 5.15 Å². The van der Waals surface area contributed by atoms with Gasteiger partial charge in [-0.3, -0.25) is 4.90 Å². The van der Waals surface area contributed by atoms with Crippen molar-refractivity contribution in [2.24, 2.45) is 0 Å². The second-order valence-corrected chi connectivity index (χ2v) is 5.32. The Hall–Kier alpha value is -1.38. The van der Waals surface area contributed by atoms with E-state index >= 15 is 0 Å². The van der Waals surface area contributed by atoms with Gasteiger partial charge in [0.15, 0.2) is 0 Å². The number of nitrogens with zero attached hydrogens (tertiary/aromatic N) is 2. The van der Waals surface area contributed by atoms with Crippen LogP contribution in [0.5, 0.6) is 0 Å². The van der Waals surface area contributed by atoms with Gasteiger partial charge in [0.05, 0.1) is 5.69 Å². The van der Waals surface area contributed by atoms with E-state index in [0.717, 1.165) is 18.8 Å². The van der Waals surface area contributed by atoms with Gasteiger partial charge >= 0.3 is 0 Å². The van der Waals surface area contributed by atoms with Gasteiger partial charge in [-0.15, -0.1) is 0 Å². The average molecular weight is 275 g/mol. The third-order valence-corrected chi connectivity index (χ3v) is 3.31. The third-order valence-electron chi connectivity index (χ3n) is 3.10. The molecule has 0 amide bonds. The number of halogens is 1. The van der Waals surface area contributed by atoms with Crippen molar-refractivity contribution in [2.75, 3.05) is 0 Å². The fraction of sp³-hybridized carbons (Fsp3) is 0.312. The number of benzene rings is 1. The van der Waals surface area contributed by atoms with Gasteiger partial charge in [-0.2, -0.15) is 0 Å². The molecule has 1 aromatic heterocycles. The summed E-state index contributed by atoms with van der Waals surface area (Å²) in [6.45, 7) is 6.14. The molecule has 0 aliphatic heterocycles. The zero-order chi connectivity index (χ0) is 13.7. The third kappa shape index (κ3) is 4.34. The lowest BCUT2D eigenvalue weighted by atomic mass is 10.2. The fourth-order valence-electron chi connectivity index (χ4n) is 1.99. The van der Waals surface area contributed by atoms with Crippen LogP contribution in [0.25, 0.3) is 0 Å². The van der Waals surface area contributed by atoms with E-state index in [9.17, 15) is 0 Å². The Balaban J connectivity index is 2.08. The van der Waals surface area contributed by atoms with E-state index in [0.29, 0.717) is 11.2 Å². The normalized spacial score (nSPS) is 11.2. The maximum Gasteiger partial charge on any atom is 0.129 e. The lowest BCUT2D eigenvalue weighted by Crippen LogP contribution is -2.30. The van der Waals surface area contributed by atoms with E-state index in [2.05, 4.69) is 48.0 Å². The highest BCUT2D eigenvalue weighted by Crippen LogP contribution is 2.13. The highest BCUT2D eigenvalue weighted by atomic mass is 35.5. The topological polar surface area (TPSA) is 16.1 Å². The Kier molecular flexibility index (Phi) is 4.94. The molecule has 2 aromatic rings. The first-order valence-electron chi connectivity index (χ1n) is 6.54. The molecule has 3 heteroatoms. The van der Waals surface area contributed by atoms with Crippen molar-refractivity contribution in [1.82, 2.24) is 9.88 Å². The van der Waals surface area contributed by atoms with Crippen LogP contribution in [0.3, 0.4) is 0 Å². The van der Waals surface area contributed by atoms with Crippen molar-refractivity contribution in [3.8, 4) is 0 Å². The summed E-state index contributed by atoms with van der Waals surface area (Å²) in [4.78, 5) is 6.74. The van der Waals surface area contributed by atoms with Crippen LogP contribution < -0.4 is 0 Å². The Bertz CT molecular complexity index is 511. The highest BCUT2D eigenvalue weighted by Gasteiger charge is 2.11. The largest absolute Gasteiger partial charge is 0.291 e. The van der Waals surface area contributed by atoms with Crippen LogP contribution >= 0.6 is 11.6 Å². The van der Waals surface area contributed by atoms with Gasteiger partial charge in [-0.05, 0) is 31.5 Å². The summed E-state index contributed by atoms with van der Waals surface area (Å²) in [6, 6.07) is 16.7. The first kappa shape index (κ1) is 14.0. The van der Waals surface area contributed by atoms with Crippen LogP contribution in [-0.2, 0) is 13.1 Å². The summed E-state index contributed by atoms with van der Waals surface area (Å²) >= 11 is 5.94. The maximum atomic E-state index is 5.94. The van der Waals surface area contributed by atoms with Gasteiger partial charge in [-0.1, -0.05) is 48.0 Å². The van der Waals surface area contributed by atoms with Gasteiger partial charge in [0, 0.05) is 19.1 Å². The van der Waals surface area contributed by atoms with Crippen LogP contribution in [0.1, 0.15) is 25.1 Å². The Morgan fingerprint density at radius 3 is 2.37 bits per heavy atom. The van der Waals surface area contributed by atoms with Crippen LogP contribution in [0.15, 0.2) is 48.5 Å². The summed E-state index contributed by atoms with van der Waals surface area (Å²) in [6.07, 6.45) is 0. The van der Waals surface area contributed by atoms with Gasteiger partial charge in [0.2, 0.25) is 0 Å². The van der Waals surface area contributed by atoms with E-state index in [4.69, 9.17) is 11.6 Å². The number of hydrogen-bond donors (Lipinski definition) is 0. The van der Waals surface area contributed by atoms with Gasteiger partial charge in [0.1, 0.15) is 5.15 Å². The molecule has 0 saturated carbocycles. The average Bonchev–Trinajstić information content (AvgIpc) is 2.39. The molecule has 0 radical (unpaired) electrons. The molecule has 0 aliphatic carbocycles. The quantitative estimate of drug-likeness (QED) is 0.762. The van der Waals surface area contributed by atoms with Crippen molar-refractivity contribution in [3.63, 3.8) is 0 Å². The zero-order valence-electron chi connectivity index (χ0n) is 11.4. The molecule has 0 fully saturated rings. The minimum Gasteiger partial charge on any atom is -0.291 e. The van der Waals surface area contributed by atoms with E-state index in [1.165, 1.54) is 5.56 Å². The fourth-order valence-corrected chi connectivity index (χ4v) is 2.17. The standard InChI is InChI=1S/C16H19ClN2/c1-13(2)19(11-14-7-4-3-5-8-14)12-15-9-6-10-16(17)18-15/h3-10,13H,11-12H2,1-2H3. The molecule has 19 heavy (non-hydrogen) atoms. The highest BCUT2D eigenvalue weighted by molar-refractivity contribution is 6.29. The molecular weight excluding hydrogens is 256 g/mol. The van der Waals surface area contributed by atoms with Gasteiger partial charge < -0.3 is 0 Å². The molecule has 0 saturated heterocycles. The van der Waals surface area contributed by atoms with E-state index in [1.54, 1.807) is 0 Å². The molecule has 0 spiro atoms. The molecule has 0 atom stereocenters. The molecular formula is C16H19ClN2. The predicted octanol–water partition coefficient (Wildman–Crippen LogP) is 4.15. The SMILES string of the molecule is CC(C)N(Cc1ccccc1)Cc1cccc(Cl)n1. The number of rotatable bonds is 5. The number of hydrogen-bond acceptors (Lipinski definition) is 2. The Morgan fingerprint density at radius 2 is 1.74 bits per heavy atom. The number of aromatic nitrogens is 1. The molecule has 1 aromatic carbocycles. The Labute approximate surface area is 120 Å². The summed E-state index contributed by atoms with van der Waals surface area (Å²) < 4.78 is 0. The molecule has 0 N–H and O–H groups in total. The molecule has 0 aliphatic rings. The van der Waals surface area contributed by atoms with Crippen molar-refractivity contribution < 1.29 is 0 Å². The molecule has 2 nitrogen and oxygen atoms in total. The zero-order valence-corrected chi connectivity index (χ0v) is 12.1. The van der Waals surface area contributed by atoms with Crippen molar-refractivity contribution >= 4 is 11.6 Å². The molecule has 0 unspecified atom stereocenters. The molecule has 100 valence electrons. The minimum absolute atomic E-state index is 0.459. The van der Waals surface area contributed by atoms with Crippen molar-refractivity contribution in [2.45, 2.75) is 33.0 Å². The number of pyridine rings is 1. The van der Waals surface area contributed by atoms with Crippen LogP contribution in [-0.4, -0.2) is 15.9 Å². The second kappa shape index (κ2) is 6.69. The monoisotopic (exact) mass is 274 g/mol. The lowest BCUT2D eigenvalue weighted by molar-refractivity contribution is 0.201. The predicted molar refractivity (Wildman–Crippen MR) is 80.1 cm³/mol. The maximum absolute atomic E-state index is 5.94. The summed E-state index contributed by atoms with van der Waals surface area (Å²) in [5, 5.41) is 0.556. The van der Waals surface area contributed by atoms with Crippen molar-refractivity contribution in [1.29, 1.82) is 0 Å². The van der Waals surface area contributed by atoms with Crippen LogP contribution in [0.4, 0.5) is 0 Å². The van der Waals surface area contributed by atoms with Gasteiger partial charge in [0.25, 0.3) is 0 Å². The lowest BCUT2D eigenvalue weighted by Gasteiger charge is -2.26. The van der Waals surface area contributed by atoms with E-state index in [1.807, 2.05) is 24.3 Å². The smallest absolute Gasteiger partial charge is 0.129 e. The molecule has 2 rings (SSSR count). The van der Waals surface area contributed by atoms with Gasteiger partial charge in [-0.25, -0.2) is 4.98 Å².